The Balaban J connectivity index is 2.11. The number of aliphatic hydroxyl groups is 6. The van der Waals surface area contributed by atoms with Gasteiger partial charge in [0.2, 0.25) is 5.91 Å². The van der Waals surface area contributed by atoms with E-state index in [9.17, 15) is 35.4 Å². The van der Waals surface area contributed by atoms with Crippen LogP contribution in [0.1, 0.15) is 322 Å². The van der Waals surface area contributed by atoms with Crippen molar-refractivity contribution in [2.45, 2.75) is 371 Å². The Bertz CT molecular complexity index is 1330. The number of hydrogen-bond acceptors (Lipinski definition) is 9. The lowest BCUT2D eigenvalue weighted by Gasteiger charge is -2.40. The fraction of sp³-hybridized carbons (Fsp3) is 0.896. The molecule has 10 heteroatoms. The van der Waals surface area contributed by atoms with Gasteiger partial charge in [0.25, 0.3) is 0 Å². The Morgan fingerprint density at radius 1 is 0.442 bits per heavy atom. The van der Waals surface area contributed by atoms with E-state index in [2.05, 4.69) is 43.5 Å². The molecule has 77 heavy (non-hydrogen) atoms. The van der Waals surface area contributed by atoms with Crippen LogP contribution < -0.4 is 5.32 Å². The fourth-order valence-electron chi connectivity index (χ4n) is 10.7. The van der Waals surface area contributed by atoms with Crippen molar-refractivity contribution in [3.63, 3.8) is 0 Å². The van der Waals surface area contributed by atoms with Crippen molar-refractivity contribution >= 4 is 5.91 Å². The lowest BCUT2D eigenvalue weighted by atomic mass is 9.99. The average Bonchev–Trinajstić information content (AvgIpc) is 3.44. The van der Waals surface area contributed by atoms with Crippen molar-refractivity contribution in [3.8, 4) is 0 Å². The second-order valence-electron chi connectivity index (χ2n) is 23.4. The SMILES string of the molecule is CCCCCCCC/C=C/CC/C=C/CC/C=C/C(O)C(COC1OC(CO)C(O)C(O)C1O)NC(=O)C(O)CCCCCCCCCCCCCCCCCCCCCCCCCCCCCCCCCCCCCC. The third-order valence-corrected chi connectivity index (χ3v) is 16.1. The fourth-order valence-corrected chi connectivity index (χ4v) is 10.7. The molecule has 0 aromatic rings. The molecule has 1 aliphatic rings. The Hall–Kier alpha value is -1.63. The molecule has 0 bridgehead atoms. The molecule has 454 valence electrons. The second-order valence-corrected chi connectivity index (χ2v) is 23.4. The molecular weight excluding hydrogens is 963 g/mol. The maximum Gasteiger partial charge on any atom is 0.249 e. The number of amides is 1. The van der Waals surface area contributed by atoms with E-state index in [0.29, 0.717) is 19.3 Å². The summed E-state index contributed by atoms with van der Waals surface area (Å²) in [6.07, 6.45) is 64.4. The molecule has 0 radical (unpaired) electrons. The minimum Gasteiger partial charge on any atom is -0.394 e. The summed E-state index contributed by atoms with van der Waals surface area (Å²) in [6.45, 7) is 3.62. The van der Waals surface area contributed by atoms with Crippen molar-refractivity contribution < 1.29 is 44.9 Å². The molecule has 1 fully saturated rings. The normalized spacial score (nSPS) is 19.3. The van der Waals surface area contributed by atoms with E-state index in [1.165, 1.54) is 244 Å². The monoisotopic (exact) mass is 1090 g/mol. The minimum absolute atomic E-state index is 0.305. The summed E-state index contributed by atoms with van der Waals surface area (Å²) in [5, 5.41) is 65.1. The van der Waals surface area contributed by atoms with Crippen LogP contribution in [-0.2, 0) is 14.3 Å². The van der Waals surface area contributed by atoms with Crippen molar-refractivity contribution in [1.29, 1.82) is 0 Å². The summed E-state index contributed by atoms with van der Waals surface area (Å²) in [6, 6.07) is -1.00. The van der Waals surface area contributed by atoms with E-state index in [1.807, 2.05) is 6.08 Å². The first-order valence-corrected chi connectivity index (χ1v) is 33.3. The van der Waals surface area contributed by atoms with E-state index in [1.54, 1.807) is 6.08 Å². The van der Waals surface area contributed by atoms with Gasteiger partial charge in [-0.2, -0.15) is 0 Å². The highest BCUT2D eigenvalue weighted by Crippen LogP contribution is 2.23. The molecule has 8 atom stereocenters. The van der Waals surface area contributed by atoms with Gasteiger partial charge >= 0.3 is 0 Å². The maximum absolute atomic E-state index is 13.2. The van der Waals surface area contributed by atoms with Crippen LogP contribution in [-0.4, -0.2) is 98.7 Å². The van der Waals surface area contributed by atoms with Crippen LogP contribution >= 0.6 is 0 Å². The van der Waals surface area contributed by atoms with Crippen molar-refractivity contribution in [1.82, 2.24) is 5.32 Å². The molecule has 8 unspecified atom stereocenters. The van der Waals surface area contributed by atoms with Crippen LogP contribution in [0.4, 0.5) is 0 Å². The number of unbranched alkanes of at least 4 members (excludes halogenated alkanes) is 43. The molecule has 0 saturated carbocycles. The van der Waals surface area contributed by atoms with Crippen LogP contribution in [0.15, 0.2) is 36.5 Å². The molecule has 1 rings (SSSR count). The lowest BCUT2D eigenvalue weighted by Crippen LogP contribution is -2.60. The standard InChI is InChI=1S/C67H127NO9/c1-3-5-7-9-11-13-15-17-19-21-22-23-24-25-26-27-28-29-30-31-32-33-34-35-36-37-38-39-40-42-44-46-48-50-52-54-56-61(71)66(75)68-59(58-76-67-65(74)64(73)63(72)62(57-69)77-67)60(70)55-53-51-49-47-45-43-41-20-18-16-14-12-10-8-6-4-2/h18,20,45,47,53,55,59-65,67,69-74H,3-17,19,21-44,46,48-52,54,56-58H2,1-2H3,(H,68,75)/b20-18+,47-45+,55-53+. The number of rotatable bonds is 58. The van der Waals surface area contributed by atoms with Gasteiger partial charge in [0.05, 0.1) is 25.4 Å². The zero-order chi connectivity index (χ0) is 55.9. The van der Waals surface area contributed by atoms with E-state index in [0.717, 1.165) is 44.9 Å². The molecule has 1 aliphatic heterocycles. The van der Waals surface area contributed by atoms with E-state index >= 15 is 0 Å². The predicted octanol–water partition coefficient (Wildman–Crippen LogP) is 16.4. The van der Waals surface area contributed by atoms with Crippen LogP contribution in [0, 0.1) is 0 Å². The first-order valence-electron chi connectivity index (χ1n) is 33.3. The second kappa shape index (κ2) is 56.2. The van der Waals surface area contributed by atoms with Gasteiger partial charge in [0, 0.05) is 0 Å². The van der Waals surface area contributed by atoms with Gasteiger partial charge in [0.15, 0.2) is 6.29 Å². The Morgan fingerprint density at radius 3 is 1.13 bits per heavy atom. The van der Waals surface area contributed by atoms with Crippen LogP contribution in [0.2, 0.25) is 0 Å². The zero-order valence-corrected chi connectivity index (χ0v) is 50.3. The predicted molar refractivity (Wildman–Crippen MR) is 324 cm³/mol. The van der Waals surface area contributed by atoms with Gasteiger partial charge < -0.3 is 45.4 Å². The van der Waals surface area contributed by atoms with Gasteiger partial charge in [-0.3, -0.25) is 4.79 Å². The number of aliphatic hydroxyl groups excluding tert-OH is 6. The molecule has 1 saturated heterocycles. The number of nitrogens with one attached hydrogen (secondary N) is 1. The summed E-state index contributed by atoms with van der Waals surface area (Å²) in [5.74, 6) is -0.625. The number of carbonyl (C=O) groups excluding carboxylic acids is 1. The summed E-state index contributed by atoms with van der Waals surface area (Å²) in [5.41, 5.74) is 0. The molecule has 0 aromatic heterocycles. The average molecular weight is 1090 g/mol. The Labute approximate surface area is 474 Å². The van der Waals surface area contributed by atoms with Gasteiger partial charge in [-0.15, -0.1) is 0 Å². The highest BCUT2D eigenvalue weighted by molar-refractivity contribution is 5.80. The quantitative estimate of drug-likeness (QED) is 0.0232. The van der Waals surface area contributed by atoms with Crippen LogP contribution in [0.3, 0.4) is 0 Å². The van der Waals surface area contributed by atoms with E-state index < -0.39 is 61.5 Å². The van der Waals surface area contributed by atoms with Gasteiger partial charge in [-0.25, -0.2) is 0 Å². The van der Waals surface area contributed by atoms with Gasteiger partial charge in [0.1, 0.15) is 30.5 Å². The number of carbonyl (C=O) groups is 1. The summed E-state index contributed by atoms with van der Waals surface area (Å²) < 4.78 is 11.2. The largest absolute Gasteiger partial charge is 0.394 e. The molecule has 10 nitrogen and oxygen atoms in total. The highest BCUT2D eigenvalue weighted by Gasteiger charge is 2.44. The lowest BCUT2D eigenvalue weighted by molar-refractivity contribution is -0.302. The molecule has 0 aliphatic carbocycles. The molecule has 7 N–H and O–H groups in total. The number of hydrogen-bond donors (Lipinski definition) is 7. The first-order chi connectivity index (χ1) is 37.8. The van der Waals surface area contributed by atoms with Crippen LogP contribution in [0.5, 0.6) is 0 Å². The number of ether oxygens (including phenoxy) is 2. The highest BCUT2D eigenvalue weighted by atomic mass is 16.7. The molecular formula is C67H127NO9. The van der Waals surface area contributed by atoms with Gasteiger partial charge in [-0.1, -0.05) is 314 Å². The molecule has 0 spiro atoms. The Morgan fingerprint density at radius 2 is 0.766 bits per heavy atom. The topological polar surface area (TPSA) is 169 Å². The van der Waals surface area contributed by atoms with Crippen molar-refractivity contribution in [3.05, 3.63) is 36.5 Å². The summed E-state index contributed by atoms with van der Waals surface area (Å²) in [7, 11) is 0. The molecule has 1 heterocycles. The summed E-state index contributed by atoms with van der Waals surface area (Å²) >= 11 is 0. The van der Waals surface area contributed by atoms with Crippen molar-refractivity contribution in [2.24, 2.45) is 0 Å². The third-order valence-electron chi connectivity index (χ3n) is 16.1. The smallest absolute Gasteiger partial charge is 0.249 e. The van der Waals surface area contributed by atoms with Crippen molar-refractivity contribution in [2.75, 3.05) is 13.2 Å². The van der Waals surface area contributed by atoms with Crippen LogP contribution in [0.25, 0.3) is 0 Å². The summed E-state index contributed by atoms with van der Waals surface area (Å²) in [4.78, 5) is 13.2. The molecule has 1 amide bonds. The maximum atomic E-state index is 13.2. The van der Waals surface area contributed by atoms with E-state index in [-0.39, 0.29) is 6.61 Å². The third kappa shape index (κ3) is 44.7. The first kappa shape index (κ1) is 73.4. The molecule has 0 aromatic carbocycles. The minimum atomic E-state index is -1.62. The Kier molecular flexibility index (Phi) is 53.6. The zero-order valence-electron chi connectivity index (χ0n) is 50.3. The van der Waals surface area contributed by atoms with E-state index in [4.69, 9.17) is 9.47 Å². The number of allylic oxidation sites excluding steroid dienone is 5. The van der Waals surface area contributed by atoms with Gasteiger partial charge in [-0.05, 0) is 44.9 Å².